The van der Waals surface area contributed by atoms with Crippen LogP contribution < -0.4 is 4.90 Å². The fourth-order valence-corrected chi connectivity index (χ4v) is 2.51. The van der Waals surface area contributed by atoms with Gasteiger partial charge in [-0.05, 0) is 38.5 Å². The van der Waals surface area contributed by atoms with E-state index in [9.17, 15) is 9.18 Å². The first kappa shape index (κ1) is 11.9. The van der Waals surface area contributed by atoms with Gasteiger partial charge in [-0.1, -0.05) is 6.07 Å². The van der Waals surface area contributed by atoms with Crippen LogP contribution in [0.5, 0.6) is 0 Å². The molecule has 0 saturated carbocycles. The average molecular weight is 237 g/mol. The first-order valence-electron chi connectivity index (χ1n) is 5.66. The zero-order valence-electron chi connectivity index (χ0n) is 9.98. The van der Waals surface area contributed by atoms with Crippen molar-refractivity contribution in [2.75, 3.05) is 11.4 Å². The number of benzene rings is 1. The molecule has 0 aromatic heterocycles. The van der Waals surface area contributed by atoms with Crippen LogP contribution in [0, 0.1) is 11.7 Å². The van der Waals surface area contributed by atoms with E-state index in [1.165, 1.54) is 12.1 Å². The van der Waals surface area contributed by atoms with Crippen LogP contribution in [-0.2, 0) is 4.79 Å². The van der Waals surface area contributed by atoms with Gasteiger partial charge in [0.25, 0.3) is 0 Å². The Bertz CT molecular complexity index is 445. The molecule has 1 aromatic carbocycles. The largest absolute Gasteiger partial charge is 0.481 e. The number of carbonyl (C=O) groups is 1. The summed E-state index contributed by atoms with van der Waals surface area (Å²) >= 11 is 0. The zero-order valence-corrected chi connectivity index (χ0v) is 9.98. The number of rotatable bonds is 2. The Kier molecular flexibility index (Phi) is 2.81. The van der Waals surface area contributed by atoms with Crippen molar-refractivity contribution in [3.63, 3.8) is 0 Å². The standard InChI is InChI=1S/C13H16FNO2/c1-13(2)7-9(12(16)17)8-15(13)11-5-3-4-10(14)6-11/h3-6,9H,7-8H2,1-2H3,(H,16,17). The Labute approximate surface area is 99.9 Å². The molecule has 4 heteroatoms. The summed E-state index contributed by atoms with van der Waals surface area (Å²) in [5.41, 5.74) is 0.496. The number of halogens is 1. The lowest BCUT2D eigenvalue weighted by Crippen LogP contribution is -2.38. The molecule has 0 amide bonds. The van der Waals surface area contributed by atoms with Crippen molar-refractivity contribution in [3.8, 4) is 0 Å². The Morgan fingerprint density at radius 3 is 2.76 bits per heavy atom. The van der Waals surface area contributed by atoms with E-state index in [1.54, 1.807) is 6.07 Å². The minimum Gasteiger partial charge on any atom is -0.481 e. The summed E-state index contributed by atoms with van der Waals surface area (Å²) in [5.74, 6) is -1.46. The van der Waals surface area contributed by atoms with Gasteiger partial charge in [-0.2, -0.15) is 0 Å². The van der Waals surface area contributed by atoms with Crippen LogP contribution in [0.25, 0.3) is 0 Å². The van der Waals surface area contributed by atoms with Crippen LogP contribution in [0.1, 0.15) is 20.3 Å². The van der Waals surface area contributed by atoms with Crippen molar-refractivity contribution in [1.29, 1.82) is 0 Å². The summed E-state index contributed by atoms with van der Waals surface area (Å²) in [6, 6.07) is 6.30. The summed E-state index contributed by atoms with van der Waals surface area (Å²) < 4.78 is 13.2. The third-order valence-electron chi connectivity index (χ3n) is 3.35. The lowest BCUT2D eigenvalue weighted by molar-refractivity contribution is -0.141. The van der Waals surface area contributed by atoms with Gasteiger partial charge in [0.2, 0.25) is 0 Å². The van der Waals surface area contributed by atoms with Crippen LogP contribution in [0.3, 0.4) is 0 Å². The lowest BCUT2D eigenvalue weighted by atomic mass is 9.96. The number of aliphatic carboxylic acids is 1. The van der Waals surface area contributed by atoms with Gasteiger partial charge in [0.15, 0.2) is 0 Å². The van der Waals surface area contributed by atoms with E-state index in [0.717, 1.165) is 5.69 Å². The third-order valence-corrected chi connectivity index (χ3v) is 3.35. The highest BCUT2D eigenvalue weighted by Gasteiger charge is 2.41. The van der Waals surface area contributed by atoms with E-state index in [0.29, 0.717) is 13.0 Å². The summed E-state index contributed by atoms with van der Waals surface area (Å²) in [5, 5.41) is 9.06. The molecule has 3 nitrogen and oxygen atoms in total. The van der Waals surface area contributed by atoms with E-state index in [-0.39, 0.29) is 17.3 Å². The molecule has 1 atom stereocenters. The van der Waals surface area contributed by atoms with Crippen LogP contribution in [-0.4, -0.2) is 23.2 Å². The molecule has 92 valence electrons. The number of carboxylic acids is 1. The maximum absolute atomic E-state index is 13.2. The van der Waals surface area contributed by atoms with Crippen molar-refractivity contribution in [1.82, 2.24) is 0 Å². The van der Waals surface area contributed by atoms with Crippen LogP contribution in [0.2, 0.25) is 0 Å². The van der Waals surface area contributed by atoms with Crippen molar-refractivity contribution in [2.45, 2.75) is 25.8 Å². The van der Waals surface area contributed by atoms with E-state index in [2.05, 4.69) is 0 Å². The summed E-state index contributed by atoms with van der Waals surface area (Å²) in [7, 11) is 0. The van der Waals surface area contributed by atoms with E-state index >= 15 is 0 Å². The first-order valence-corrected chi connectivity index (χ1v) is 5.66. The molecule has 1 fully saturated rings. The number of anilines is 1. The normalized spacial score (nSPS) is 22.8. The highest BCUT2D eigenvalue weighted by Crippen LogP contribution is 2.36. The highest BCUT2D eigenvalue weighted by molar-refractivity contribution is 5.72. The molecule has 1 aliphatic rings. The minimum absolute atomic E-state index is 0.253. The Morgan fingerprint density at radius 2 is 2.24 bits per heavy atom. The second-order valence-corrected chi connectivity index (χ2v) is 5.14. The average Bonchev–Trinajstić information content (AvgIpc) is 2.54. The van der Waals surface area contributed by atoms with Crippen LogP contribution in [0.15, 0.2) is 24.3 Å². The van der Waals surface area contributed by atoms with E-state index in [1.807, 2.05) is 24.8 Å². The molecule has 0 aliphatic carbocycles. The van der Waals surface area contributed by atoms with Crippen molar-refractivity contribution >= 4 is 11.7 Å². The molecular weight excluding hydrogens is 221 g/mol. The topological polar surface area (TPSA) is 40.5 Å². The summed E-state index contributed by atoms with van der Waals surface area (Å²) in [6.07, 6.45) is 0.582. The van der Waals surface area contributed by atoms with Gasteiger partial charge in [0.05, 0.1) is 5.92 Å². The monoisotopic (exact) mass is 237 g/mol. The Hall–Kier alpha value is -1.58. The number of nitrogens with zero attached hydrogens (tertiary/aromatic N) is 1. The molecule has 1 heterocycles. The molecule has 1 saturated heterocycles. The predicted molar refractivity (Wildman–Crippen MR) is 63.6 cm³/mol. The van der Waals surface area contributed by atoms with Crippen molar-refractivity contribution in [2.24, 2.45) is 5.92 Å². The summed E-state index contributed by atoms with van der Waals surface area (Å²) in [4.78, 5) is 13.0. The Morgan fingerprint density at radius 1 is 1.53 bits per heavy atom. The van der Waals surface area contributed by atoms with Gasteiger partial charge >= 0.3 is 5.97 Å². The second kappa shape index (κ2) is 4.02. The fourth-order valence-electron chi connectivity index (χ4n) is 2.51. The van der Waals surface area contributed by atoms with Gasteiger partial charge in [0, 0.05) is 17.8 Å². The van der Waals surface area contributed by atoms with Gasteiger partial charge in [-0.15, -0.1) is 0 Å². The molecule has 17 heavy (non-hydrogen) atoms. The van der Waals surface area contributed by atoms with Gasteiger partial charge in [-0.3, -0.25) is 4.79 Å². The SMILES string of the molecule is CC1(C)CC(C(=O)O)CN1c1cccc(F)c1. The van der Waals surface area contributed by atoms with Gasteiger partial charge < -0.3 is 10.0 Å². The molecular formula is C13H16FNO2. The molecule has 2 rings (SSSR count). The van der Waals surface area contributed by atoms with Gasteiger partial charge in [0.1, 0.15) is 5.82 Å². The summed E-state index contributed by atoms with van der Waals surface area (Å²) in [6.45, 7) is 4.41. The number of carboxylic acid groups (broad SMARTS) is 1. The minimum atomic E-state index is -0.781. The highest BCUT2D eigenvalue weighted by atomic mass is 19.1. The number of hydrogen-bond donors (Lipinski definition) is 1. The van der Waals surface area contributed by atoms with Crippen molar-refractivity contribution < 1.29 is 14.3 Å². The van der Waals surface area contributed by atoms with Crippen molar-refractivity contribution in [3.05, 3.63) is 30.1 Å². The molecule has 1 N–H and O–H groups in total. The van der Waals surface area contributed by atoms with Gasteiger partial charge in [-0.25, -0.2) is 4.39 Å². The molecule has 0 bridgehead atoms. The zero-order chi connectivity index (χ0) is 12.6. The van der Waals surface area contributed by atoms with E-state index < -0.39 is 5.97 Å². The quantitative estimate of drug-likeness (QED) is 0.859. The Balaban J connectivity index is 2.29. The fraction of sp³-hybridized carbons (Fsp3) is 0.462. The molecule has 1 unspecified atom stereocenters. The number of hydrogen-bond acceptors (Lipinski definition) is 2. The maximum atomic E-state index is 13.2. The van der Waals surface area contributed by atoms with Crippen LogP contribution in [0.4, 0.5) is 10.1 Å². The first-order chi connectivity index (χ1) is 7.90. The molecule has 0 radical (unpaired) electrons. The smallest absolute Gasteiger partial charge is 0.308 e. The van der Waals surface area contributed by atoms with E-state index in [4.69, 9.17) is 5.11 Å². The molecule has 1 aliphatic heterocycles. The second-order valence-electron chi connectivity index (χ2n) is 5.14. The lowest BCUT2D eigenvalue weighted by Gasteiger charge is -2.33. The molecule has 0 spiro atoms. The predicted octanol–water partition coefficient (Wildman–Crippen LogP) is 2.52. The molecule has 1 aromatic rings. The van der Waals surface area contributed by atoms with Crippen LogP contribution >= 0.6 is 0 Å². The third kappa shape index (κ3) is 2.25. The maximum Gasteiger partial charge on any atom is 0.308 e.